The normalized spacial score (nSPS) is 31.7. The van der Waals surface area contributed by atoms with Gasteiger partial charge in [0, 0.05) is 49.6 Å². The Kier molecular flexibility index (Phi) is 7.89. The predicted octanol–water partition coefficient (Wildman–Crippen LogP) is 5.64. The summed E-state index contributed by atoms with van der Waals surface area (Å²) in [5.74, 6) is -1.86. The van der Waals surface area contributed by atoms with Crippen molar-refractivity contribution in [2.45, 2.75) is 95.6 Å². The van der Waals surface area contributed by atoms with Gasteiger partial charge in [0.25, 0.3) is 5.91 Å². The van der Waals surface area contributed by atoms with E-state index in [0.29, 0.717) is 25.8 Å². The van der Waals surface area contributed by atoms with Gasteiger partial charge in [0.15, 0.2) is 0 Å². The van der Waals surface area contributed by atoms with Crippen LogP contribution in [0.15, 0.2) is 42.1 Å². The van der Waals surface area contributed by atoms with Crippen LogP contribution >= 0.6 is 0 Å². The number of hydrogen-bond acceptors (Lipinski definition) is 4. The van der Waals surface area contributed by atoms with Gasteiger partial charge in [-0.3, -0.25) is 14.5 Å². The summed E-state index contributed by atoms with van der Waals surface area (Å²) in [4.78, 5) is 44.9. The average molecular weight is 575 g/mol. The molecule has 3 unspecified atom stereocenters. The molecule has 224 valence electrons. The second kappa shape index (κ2) is 11.0. The van der Waals surface area contributed by atoms with E-state index in [9.17, 15) is 27.6 Å². The number of carbonyl (C=O) groups is 3. The SMILES string of the molecule is C/C=C1\C2CC3(CC2N1CC[C@H](NC(=O)C1CCC(C(F)(F)F)CC1)c1ccccc1)C(=O)N(C)C(=O)N3C(C)C. The van der Waals surface area contributed by atoms with Crippen molar-refractivity contribution < 1.29 is 27.6 Å². The fourth-order valence-corrected chi connectivity index (χ4v) is 7.88. The lowest BCUT2D eigenvalue weighted by Crippen LogP contribution is -2.53. The molecule has 2 saturated carbocycles. The predicted molar refractivity (Wildman–Crippen MR) is 148 cm³/mol. The number of urea groups is 1. The summed E-state index contributed by atoms with van der Waals surface area (Å²) in [7, 11) is 1.56. The van der Waals surface area contributed by atoms with Gasteiger partial charge in [-0.2, -0.15) is 13.2 Å². The third-order valence-electron chi connectivity index (χ3n) is 9.89. The Morgan fingerprint density at radius 2 is 1.76 bits per heavy atom. The van der Waals surface area contributed by atoms with Crippen LogP contribution in [0, 0.1) is 17.8 Å². The second-order valence-electron chi connectivity index (χ2n) is 12.5. The number of imide groups is 1. The Bertz CT molecular complexity index is 1190. The molecule has 2 aliphatic carbocycles. The molecule has 4 atom stereocenters. The maximum absolute atomic E-state index is 13.4. The van der Waals surface area contributed by atoms with Crippen LogP contribution in [0.3, 0.4) is 0 Å². The van der Waals surface area contributed by atoms with E-state index in [4.69, 9.17) is 0 Å². The molecule has 7 nitrogen and oxygen atoms in total. The zero-order valence-corrected chi connectivity index (χ0v) is 24.3. The van der Waals surface area contributed by atoms with Gasteiger partial charge in [0.05, 0.1) is 12.0 Å². The standard InChI is InChI=1S/C31H41F3N4O3/c1-5-25-23-17-30(28(40)36(4)29(41)38(30)19(2)3)18-26(23)37(25)16-15-24(20-9-7-6-8-10-20)35-27(39)21-11-13-22(14-12-21)31(32,33)34/h5-10,19,21-24,26H,11-18H2,1-4H3,(H,35,39)/b25-5+/t21?,22?,23?,24-,26?,30?/m0/s1. The smallest absolute Gasteiger partial charge is 0.371 e. The summed E-state index contributed by atoms with van der Waals surface area (Å²) in [6.45, 7) is 6.54. The minimum atomic E-state index is -4.20. The minimum absolute atomic E-state index is 0.00928. The van der Waals surface area contributed by atoms with Crippen LogP contribution in [0.4, 0.5) is 18.0 Å². The summed E-state index contributed by atoms with van der Waals surface area (Å²) in [5.41, 5.74) is 1.28. The van der Waals surface area contributed by atoms with Crippen LogP contribution in [-0.4, -0.2) is 69.9 Å². The molecule has 1 spiro atoms. The largest absolute Gasteiger partial charge is 0.391 e. The van der Waals surface area contributed by atoms with Crippen LogP contribution in [-0.2, 0) is 9.59 Å². The molecule has 4 fully saturated rings. The molecule has 41 heavy (non-hydrogen) atoms. The maximum atomic E-state index is 13.4. The molecule has 5 rings (SSSR count). The van der Waals surface area contributed by atoms with Gasteiger partial charge in [-0.25, -0.2) is 4.79 Å². The first kappa shape index (κ1) is 29.5. The Hall–Kier alpha value is -3.04. The Morgan fingerprint density at radius 1 is 1.10 bits per heavy atom. The van der Waals surface area contributed by atoms with Crippen molar-refractivity contribution in [1.29, 1.82) is 0 Å². The highest BCUT2D eigenvalue weighted by atomic mass is 19.4. The third-order valence-corrected chi connectivity index (χ3v) is 9.89. The van der Waals surface area contributed by atoms with E-state index in [1.165, 1.54) is 4.90 Å². The van der Waals surface area contributed by atoms with E-state index in [0.717, 1.165) is 11.3 Å². The molecule has 0 bridgehead atoms. The monoisotopic (exact) mass is 574 g/mol. The van der Waals surface area contributed by atoms with Gasteiger partial charge >= 0.3 is 12.2 Å². The number of rotatable bonds is 7. The van der Waals surface area contributed by atoms with Crippen LogP contribution in [0.5, 0.6) is 0 Å². The molecule has 10 heteroatoms. The molecule has 2 aliphatic heterocycles. The zero-order valence-electron chi connectivity index (χ0n) is 24.3. The van der Waals surface area contributed by atoms with Crippen molar-refractivity contribution in [3.8, 4) is 0 Å². The molecular formula is C31H41F3N4O3. The lowest BCUT2D eigenvalue weighted by molar-refractivity contribution is -0.184. The van der Waals surface area contributed by atoms with Crippen molar-refractivity contribution >= 4 is 17.8 Å². The van der Waals surface area contributed by atoms with Crippen LogP contribution in [0.2, 0.25) is 0 Å². The van der Waals surface area contributed by atoms with E-state index >= 15 is 0 Å². The van der Waals surface area contributed by atoms with Crippen molar-refractivity contribution in [2.75, 3.05) is 13.6 Å². The number of hydrogen-bond donors (Lipinski definition) is 1. The van der Waals surface area contributed by atoms with Gasteiger partial charge in [-0.05, 0) is 64.9 Å². The molecule has 4 amide bonds. The van der Waals surface area contributed by atoms with Gasteiger partial charge < -0.3 is 15.1 Å². The van der Waals surface area contributed by atoms with E-state index in [2.05, 4.69) is 16.3 Å². The van der Waals surface area contributed by atoms with Gasteiger partial charge in [0.1, 0.15) is 5.54 Å². The number of benzene rings is 1. The van der Waals surface area contributed by atoms with Gasteiger partial charge in [0.2, 0.25) is 5.91 Å². The molecule has 1 aromatic carbocycles. The quantitative estimate of drug-likeness (QED) is 0.428. The molecule has 2 heterocycles. The number of likely N-dealkylation sites (N-methyl/N-ethyl adjacent to an activating group) is 1. The van der Waals surface area contributed by atoms with Crippen molar-refractivity contribution in [3.63, 3.8) is 0 Å². The second-order valence-corrected chi connectivity index (χ2v) is 12.5. The first-order valence-corrected chi connectivity index (χ1v) is 14.9. The lowest BCUT2D eigenvalue weighted by atomic mass is 9.81. The Morgan fingerprint density at radius 3 is 2.34 bits per heavy atom. The van der Waals surface area contributed by atoms with E-state index < -0.39 is 23.6 Å². The first-order valence-electron chi connectivity index (χ1n) is 14.9. The van der Waals surface area contributed by atoms with Crippen LogP contribution in [0.1, 0.15) is 77.3 Å². The average Bonchev–Trinajstić information content (AvgIpc) is 3.36. The molecule has 1 aromatic rings. The first-order chi connectivity index (χ1) is 19.4. The molecule has 0 aromatic heterocycles. The molecule has 4 aliphatic rings. The minimum Gasteiger partial charge on any atom is -0.371 e. The number of halogens is 3. The highest BCUT2D eigenvalue weighted by molar-refractivity contribution is 6.07. The summed E-state index contributed by atoms with van der Waals surface area (Å²) >= 11 is 0. The number of nitrogens with one attached hydrogen (secondary N) is 1. The molecule has 0 radical (unpaired) electrons. The maximum Gasteiger partial charge on any atom is 0.391 e. The van der Waals surface area contributed by atoms with E-state index in [1.54, 1.807) is 11.9 Å². The number of fused-ring (bicyclic) bond motifs is 1. The number of allylic oxidation sites excluding steroid dienone is 1. The third kappa shape index (κ3) is 5.12. The number of likely N-dealkylation sites (tertiary alicyclic amines) is 1. The van der Waals surface area contributed by atoms with Crippen LogP contribution < -0.4 is 5.32 Å². The Balaban J connectivity index is 1.28. The lowest BCUT2D eigenvalue weighted by Gasteiger charge is -2.49. The topological polar surface area (TPSA) is 73.0 Å². The van der Waals surface area contributed by atoms with Crippen molar-refractivity contribution in [1.82, 2.24) is 20.0 Å². The number of nitrogens with zero attached hydrogens (tertiary/aromatic N) is 3. The van der Waals surface area contributed by atoms with Gasteiger partial charge in [-0.1, -0.05) is 36.4 Å². The number of amides is 4. The molecular weight excluding hydrogens is 533 g/mol. The van der Waals surface area contributed by atoms with Crippen molar-refractivity contribution in [2.24, 2.45) is 17.8 Å². The summed E-state index contributed by atoms with van der Waals surface area (Å²) in [6.07, 6.45) is 0.145. The highest BCUT2D eigenvalue weighted by Gasteiger charge is 2.66. The van der Waals surface area contributed by atoms with Crippen LogP contribution in [0.25, 0.3) is 0 Å². The molecule has 1 N–H and O–H groups in total. The highest BCUT2D eigenvalue weighted by Crippen LogP contribution is 2.55. The summed E-state index contributed by atoms with van der Waals surface area (Å²) in [5, 5.41) is 3.16. The number of alkyl halides is 3. The summed E-state index contributed by atoms with van der Waals surface area (Å²) in [6, 6.07) is 9.17. The van der Waals surface area contributed by atoms with E-state index in [-0.39, 0.29) is 67.6 Å². The molecule has 2 saturated heterocycles. The van der Waals surface area contributed by atoms with Gasteiger partial charge in [-0.15, -0.1) is 0 Å². The van der Waals surface area contributed by atoms with Crippen molar-refractivity contribution in [3.05, 3.63) is 47.7 Å². The van der Waals surface area contributed by atoms with E-state index in [1.807, 2.05) is 51.1 Å². The fourth-order valence-electron chi connectivity index (χ4n) is 7.88. The zero-order chi connectivity index (χ0) is 29.7. The fraction of sp³-hybridized carbons (Fsp3) is 0.645. The Labute approximate surface area is 240 Å². The number of carbonyl (C=O) groups excluding carboxylic acids is 3. The summed E-state index contributed by atoms with van der Waals surface area (Å²) < 4.78 is 39.4.